The Hall–Kier alpha value is -1.09. The lowest BCUT2D eigenvalue weighted by Gasteiger charge is -2.11. The third-order valence-electron chi connectivity index (χ3n) is 3.21. The van der Waals surface area contributed by atoms with E-state index >= 15 is 0 Å². The van der Waals surface area contributed by atoms with Gasteiger partial charge in [0.2, 0.25) is 0 Å². The molecule has 108 valence electrons. The topological polar surface area (TPSA) is 35.2 Å². The summed E-state index contributed by atoms with van der Waals surface area (Å²) in [6.07, 6.45) is 7.88. The highest BCUT2D eigenvalue weighted by Crippen LogP contribution is 2.23. The maximum Gasteiger partial charge on any atom is 0.165 e. The van der Waals surface area contributed by atoms with Gasteiger partial charge in [-0.1, -0.05) is 51.2 Å². The highest BCUT2D eigenvalue weighted by molar-refractivity contribution is 5.35. The maximum absolute atomic E-state index is 13.7. The summed E-state index contributed by atoms with van der Waals surface area (Å²) >= 11 is 0. The van der Waals surface area contributed by atoms with E-state index in [1.807, 2.05) is 6.07 Å². The van der Waals surface area contributed by atoms with Crippen molar-refractivity contribution < 1.29 is 9.13 Å². The second kappa shape index (κ2) is 9.79. The van der Waals surface area contributed by atoms with E-state index in [1.165, 1.54) is 31.7 Å². The van der Waals surface area contributed by atoms with Crippen LogP contribution in [0.15, 0.2) is 18.2 Å². The van der Waals surface area contributed by atoms with Crippen molar-refractivity contribution in [3.63, 3.8) is 0 Å². The minimum absolute atomic E-state index is 0.281. The third kappa shape index (κ3) is 6.06. The zero-order valence-electron chi connectivity index (χ0n) is 12.0. The van der Waals surface area contributed by atoms with E-state index in [2.05, 4.69) is 6.92 Å². The lowest BCUT2D eigenvalue weighted by molar-refractivity contribution is 0.287. The molecule has 19 heavy (non-hydrogen) atoms. The summed E-state index contributed by atoms with van der Waals surface area (Å²) in [7, 11) is 0. The van der Waals surface area contributed by atoms with E-state index in [0.717, 1.165) is 18.4 Å². The number of unbranched alkanes of at least 4 members (excludes halogenated alkanes) is 5. The molecule has 0 heterocycles. The second-order valence-electron chi connectivity index (χ2n) is 4.88. The first kappa shape index (κ1) is 16.0. The lowest BCUT2D eigenvalue weighted by Crippen LogP contribution is -2.07. The average molecular weight is 267 g/mol. The Morgan fingerprint density at radius 1 is 1.11 bits per heavy atom. The highest BCUT2D eigenvalue weighted by Gasteiger charge is 2.08. The molecule has 0 amide bonds. The molecule has 0 saturated heterocycles. The number of rotatable bonds is 10. The van der Waals surface area contributed by atoms with Crippen LogP contribution in [0.2, 0.25) is 0 Å². The molecule has 1 rings (SSSR count). The van der Waals surface area contributed by atoms with E-state index in [9.17, 15) is 4.39 Å². The standard InChI is InChI=1S/C16H26FNO/c1-2-3-4-5-6-7-13-19-16-14(11-12-18)9-8-10-15(16)17/h8-10H,2-7,11-13,18H2,1H3. The molecule has 0 bridgehead atoms. The van der Waals surface area contributed by atoms with Crippen molar-refractivity contribution in [2.75, 3.05) is 13.2 Å². The Balaban J connectivity index is 2.32. The number of hydrogen-bond acceptors (Lipinski definition) is 2. The van der Waals surface area contributed by atoms with Crippen LogP contribution in [0.4, 0.5) is 4.39 Å². The fourth-order valence-corrected chi connectivity index (χ4v) is 2.12. The van der Waals surface area contributed by atoms with Crippen molar-refractivity contribution >= 4 is 0 Å². The van der Waals surface area contributed by atoms with Gasteiger partial charge in [0.15, 0.2) is 11.6 Å². The van der Waals surface area contributed by atoms with Crippen molar-refractivity contribution in [3.8, 4) is 5.75 Å². The first-order valence-corrected chi connectivity index (χ1v) is 7.39. The van der Waals surface area contributed by atoms with Gasteiger partial charge >= 0.3 is 0 Å². The Kier molecular flexibility index (Phi) is 8.23. The molecule has 0 aliphatic carbocycles. The van der Waals surface area contributed by atoms with Gasteiger partial charge in [0.05, 0.1) is 6.61 Å². The molecule has 0 radical (unpaired) electrons. The number of nitrogens with two attached hydrogens (primary N) is 1. The molecular formula is C16H26FNO. The van der Waals surface area contributed by atoms with Gasteiger partial charge in [-0.2, -0.15) is 0 Å². The number of benzene rings is 1. The second-order valence-corrected chi connectivity index (χ2v) is 4.88. The number of hydrogen-bond donors (Lipinski definition) is 1. The zero-order chi connectivity index (χ0) is 13.9. The lowest BCUT2D eigenvalue weighted by atomic mass is 10.1. The fourth-order valence-electron chi connectivity index (χ4n) is 2.12. The fraction of sp³-hybridized carbons (Fsp3) is 0.625. The van der Waals surface area contributed by atoms with Crippen molar-refractivity contribution in [1.29, 1.82) is 0 Å². The Bertz CT molecular complexity index is 355. The predicted octanol–water partition coefficient (Wildman–Crippen LogP) is 4.07. The molecule has 0 aliphatic rings. The Morgan fingerprint density at radius 2 is 1.84 bits per heavy atom. The molecule has 0 unspecified atom stereocenters. The van der Waals surface area contributed by atoms with Crippen molar-refractivity contribution in [2.45, 2.75) is 51.9 Å². The van der Waals surface area contributed by atoms with Crippen LogP contribution in [0, 0.1) is 5.82 Å². The third-order valence-corrected chi connectivity index (χ3v) is 3.21. The minimum Gasteiger partial charge on any atom is -0.490 e. The van der Waals surface area contributed by atoms with Gasteiger partial charge in [0, 0.05) is 0 Å². The van der Waals surface area contributed by atoms with Crippen LogP contribution in [0.3, 0.4) is 0 Å². The van der Waals surface area contributed by atoms with Crippen LogP contribution < -0.4 is 10.5 Å². The van der Waals surface area contributed by atoms with Gasteiger partial charge in [0.1, 0.15) is 0 Å². The maximum atomic E-state index is 13.7. The minimum atomic E-state index is -0.281. The van der Waals surface area contributed by atoms with Crippen LogP contribution in [0.1, 0.15) is 51.0 Å². The largest absolute Gasteiger partial charge is 0.490 e. The zero-order valence-corrected chi connectivity index (χ0v) is 12.0. The van der Waals surface area contributed by atoms with Gasteiger partial charge in [0.25, 0.3) is 0 Å². The van der Waals surface area contributed by atoms with Crippen molar-refractivity contribution in [1.82, 2.24) is 0 Å². The molecular weight excluding hydrogens is 241 g/mol. The summed E-state index contributed by atoms with van der Waals surface area (Å²) < 4.78 is 19.3. The van der Waals surface area contributed by atoms with Crippen LogP contribution in [-0.4, -0.2) is 13.2 Å². The van der Waals surface area contributed by atoms with Crippen LogP contribution in [0.5, 0.6) is 5.75 Å². The molecule has 0 aromatic heterocycles. The first-order valence-electron chi connectivity index (χ1n) is 7.39. The summed E-state index contributed by atoms with van der Waals surface area (Å²) in [5.41, 5.74) is 6.39. The monoisotopic (exact) mass is 267 g/mol. The first-order chi connectivity index (χ1) is 9.29. The molecule has 0 saturated carbocycles. The summed E-state index contributed by atoms with van der Waals surface area (Å²) in [6, 6.07) is 5.03. The Morgan fingerprint density at radius 3 is 2.58 bits per heavy atom. The SMILES string of the molecule is CCCCCCCCOc1c(F)cccc1CCN. The van der Waals surface area contributed by atoms with E-state index < -0.39 is 0 Å². The van der Waals surface area contributed by atoms with Crippen LogP contribution >= 0.6 is 0 Å². The van der Waals surface area contributed by atoms with E-state index in [4.69, 9.17) is 10.5 Å². The normalized spacial score (nSPS) is 10.7. The van der Waals surface area contributed by atoms with Gasteiger partial charge in [-0.05, 0) is 31.0 Å². The molecule has 1 aromatic rings. The molecule has 1 aromatic carbocycles. The summed E-state index contributed by atoms with van der Waals surface area (Å²) in [5.74, 6) is 0.110. The van der Waals surface area contributed by atoms with Gasteiger partial charge < -0.3 is 10.5 Å². The summed E-state index contributed by atoms with van der Waals surface area (Å²) in [4.78, 5) is 0. The quantitative estimate of drug-likeness (QED) is 0.649. The smallest absolute Gasteiger partial charge is 0.165 e. The molecule has 2 nitrogen and oxygen atoms in total. The molecule has 0 spiro atoms. The van der Waals surface area contributed by atoms with Gasteiger partial charge in [-0.15, -0.1) is 0 Å². The predicted molar refractivity (Wildman–Crippen MR) is 78.0 cm³/mol. The van der Waals surface area contributed by atoms with Crippen LogP contribution in [0.25, 0.3) is 0 Å². The van der Waals surface area contributed by atoms with Crippen molar-refractivity contribution in [3.05, 3.63) is 29.6 Å². The van der Waals surface area contributed by atoms with E-state index in [-0.39, 0.29) is 5.82 Å². The molecule has 0 fully saturated rings. The molecule has 0 aliphatic heterocycles. The number of halogens is 1. The van der Waals surface area contributed by atoms with E-state index in [1.54, 1.807) is 6.07 Å². The van der Waals surface area contributed by atoms with Crippen molar-refractivity contribution in [2.24, 2.45) is 5.73 Å². The molecule has 0 atom stereocenters. The Labute approximate surface area is 116 Å². The molecule has 3 heteroatoms. The summed E-state index contributed by atoms with van der Waals surface area (Å²) in [5, 5.41) is 0. The highest BCUT2D eigenvalue weighted by atomic mass is 19.1. The van der Waals surface area contributed by atoms with Gasteiger partial charge in [-0.3, -0.25) is 0 Å². The number of ether oxygens (including phenoxy) is 1. The van der Waals surface area contributed by atoms with E-state index in [0.29, 0.717) is 25.3 Å². The average Bonchev–Trinajstić information content (AvgIpc) is 2.41. The number of para-hydroxylation sites is 1. The molecule has 2 N–H and O–H groups in total. The van der Waals surface area contributed by atoms with Crippen LogP contribution in [-0.2, 0) is 6.42 Å². The summed E-state index contributed by atoms with van der Waals surface area (Å²) in [6.45, 7) is 3.31. The van der Waals surface area contributed by atoms with Gasteiger partial charge in [-0.25, -0.2) is 4.39 Å².